The number of benzene rings is 3. The molecule has 0 bridgehead atoms. The Morgan fingerprint density at radius 3 is 2.26 bits per heavy atom. The highest BCUT2D eigenvalue weighted by atomic mass is 19.4. The average molecular weight is 524 g/mol. The van der Waals surface area contributed by atoms with Gasteiger partial charge in [0.05, 0.1) is 18.0 Å². The molecule has 0 aromatic heterocycles. The van der Waals surface area contributed by atoms with Crippen LogP contribution in [0.2, 0.25) is 0 Å². The number of nitrogens with one attached hydrogen (secondary N) is 2. The number of hydrogen-bond acceptors (Lipinski definition) is 4. The normalized spacial score (nSPS) is 15.3. The van der Waals surface area contributed by atoms with E-state index in [4.69, 9.17) is 4.84 Å². The molecule has 10 heteroatoms. The summed E-state index contributed by atoms with van der Waals surface area (Å²) in [5.41, 5.74) is 2.49. The number of fused-ring (bicyclic) bond motifs is 1. The van der Waals surface area contributed by atoms with E-state index < -0.39 is 17.8 Å². The number of carbonyl (C=O) groups is 3. The Kier molecular flexibility index (Phi) is 6.79. The first-order valence-corrected chi connectivity index (χ1v) is 12.2. The van der Waals surface area contributed by atoms with Crippen molar-refractivity contribution in [1.29, 1.82) is 0 Å². The number of halogens is 3. The number of amides is 3. The van der Waals surface area contributed by atoms with Crippen LogP contribution in [0.25, 0.3) is 11.1 Å². The van der Waals surface area contributed by atoms with Crippen molar-refractivity contribution < 1.29 is 32.4 Å². The molecule has 1 fully saturated rings. The Balaban J connectivity index is 1.21. The van der Waals surface area contributed by atoms with Crippen LogP contribution in [0.3, 0.4) is 0 Å². The number of carbonyl (C=O) groups excluding carboxylic acids is 3. The summed E-state index contributed by atoms with van der Waals surface area (Å²) in [6.07, 6.45) is -0.948. The van der Waals surface area contributed by atoms with Gasteiger partial charge < -0.3 is 15.5 Å². The van der Waals surface area contributed by atoms with Gasteiger partial charge in [-0.05, 0) is 72.0 Å². The third kappa shape index (κ3) is 5.49. The fourth-order valence-corrected chi connectivity index (χ4v) is 4.70. The van der Waals surface area contributed by atoms with E-state index in [9.17, 15) is 27.6 Å². The zero-order valence-electron chi connectivity index (χ0n) is 20.2. The van der Waals surface area contributed by atoms with Crippen molar-refractivity contribution >= 4 is 29.3 Å². The van der Waals surface area contributed by atoms with Crippen molar-refractivity contribution in [3.8, 4) is 11.1 Å². The molecule has 1 saturated carbocycles. The van der Waals surface area contributed by atoms with Gasteiger partial charge in [0.1, 0.15) is 0 Å². The Labute approximate surface area is 216 Å². The average Bonchev–Trinajstić information content (AvgIpc) is 3.53. The molecule has 5 rings (SSSR count). The molecule has 1 heterocycles. The standard InChI is InChI=1S/C28H24F3N3O4/c29-28(30,31)21-6-3-7-23(15-21)33-27(37)32-22-11-8-17(9-12-22)19-10-13-24-20(14-19)16-34(25(24)35)38-26(36)18-4-1-2-5-18/h3,6-15,18H,1-2,4-5,16H2,(H2,32,33,37). The lowest BCUT2D eigenvalue weighted by molar-refractivity contribution is -0.183. The van der Waals surface area contributed by atoms with E-state index in [1.807, 2.05) is 6.07 Å². The molecule has 0 atom stereocenters. The lowest BCUT2D eigenvalue weighted by Crippen LogP contribution is -2.30. The quantitative estimate of drug-likeness (QED) is 0.393. The molecule has 1 aliphatic heterocycles. The van der Waals surface area contributed by atoms with Crippen molar-refractivity contribution in [2.45, 2.75) is 38.4 Å². The summed E-state index contributed by atoms with van der Waals surface area (Å²) in [6.45, 7) is 0.176. The molecule has 0 radical (unpaired) electrons. The number of anilines is 2. The summed E-state index contributed by atoms with van der Waals surface area (Å²) in [7, 11) is 0. The number of alkyl halides is 3. The molecule has 2 N–H and O–H groups in total. The number of urea groups is 1. The zero-order valence-corrected chi connectivity index (χ0v) is 20.2. The SMILES string of the molecule is O=C(Nc1ccc(-c2ccc3c(c2)CN(OC(=O)C2CCCC2)C3=O)cc1)Nc1cccc(C(F)(F)F)c1. The number of rotatable bonds is 5. The maximum Gasteiger partial charge on any atom is 0.416 e. The van der Waals surface area contributed by atoms with Crippen molar-refractivity contribution in [3.05, 3.63) is 83.4 Å². The van der Waals surface area contributed by atoms with Crippen LogP contribution in [-0.2, 0) is 22.4 Å². The van der Waals surface area contributed by atoms with E-state index in [0.29, 0.717) is 11.3 Å². The molecule has 2 aliphatic rings. The second-order valence-corrected chi connectivity index (χ2v) is 9.34. The molecule has 3 amide bonds. The summed E-state index contributed by atoms with van der Waals surface area (Å²) in [5, 5.41) is 6.10. The maximum atomic E-state index is 12.9. The van der Waals surface area contributed by atoms with Gasteiger partial charge in [0.15, 0.2) is 0 Å². The first-order chi connectivity index (χ1) is 18.2. The Bertz CT molecular complexity index is 1380. The van der Waals surface area contributed by atoms with E-state index in [1.54, 1.807) is 36.4 Å². The fraction of sp³-hybridized carbons (Fsp3) is 0.250. The molecule has 3 aromatic carbocycles. The van der Waals surface area contributed by atoms with Crippen LogP contribution in [-0.4, -0.2) is 23.0 Å². The molecule has 0 saturated heterocycles. The van der Waals surface area contributed by atoms with Crippen molar-refractivity contribution in [1.82, 2.24) is 5.06 Å². The van der Waals surface area contributed by atoms with Crippen LogP contribution in [0.5, 0.6) is 0 Å². The van der Waals surface area contributed by atoms with E-state index in [0.717, 1.165) is 59.6 Å². The molecule has 196 valence electrons. The number of hydroxylamine groups is 2. The summed E-state index contributed by atoms with van der Waals surface area (Å²) >= 11 is 0. The van der Waals surface area contributed by atoms with Gasteiger partial charge in [0.2, 0.25) is 0 Å². The van der Waals surface area contributed by atoms with Crippen LogP contribution in [0.4, 0.5) is 29.3 Å². The van der Waals surface area contributed by atoms with Gasteiger partial charge in [-0.25, -0.2) is 9.59 Å². The molecule has 0 unspecified atom stereocenters. The van der Waals surface area contributed by atoms with E-state index in [1.165, 1.54) is 12.1 Å². The lowest BCUT2D eigenvalue weighted by atomic mass is 10.0. The molecule has 7 nitrogen and oxygen atoms in total. The van der Waals surface area contributed by atoms with Gasteiger partial charge in [-0.1, -0.05) is 37.1 Å². The minimum absolute atomic E-state index is 0.0181. The minimum atomic E-state index is -4.51. The largest absolute Gasteiger partial charge is 0.416 e. The fourth-order valence-electron chi connectivity index (χ4n) is 4.70. The molecular weight excluding hydrogens is 499 g/mol. The Hall–Kier alpha value is -4.34. The van der Waals surface area contributed by atoms with Crippen LogP contribution >= 0.6 is 0 Å². The smallest absolute Gasteiger partial charge is 0.337 e. The third-order valence-corrected chi connectivity index (χ3v) is 6.69. The molecular formula is C28H24F3N3O4. The van der Waals surface area contributed by atoms with E-state index >= 15 is 0 Å². The van der Waals surface area contributed by atoms with Crippen LogP contribution < -0.4 is 10.6 Å². The highest BCUT2D eigenvalue weighted by Crippen LogP contribution is 2.32. The monoisotopic (exact) mass is 523 g/mol. The third-order valence-electron chi connectivity index (χ3n) is 6.69. The zero-order chi connectivity index (χ0) is 26.9. The second kappa shape index (κ2) is 10.2. The first kappa shape index (κ1) is 25.3. The Morgan fingerprint density at radius 2 is 1.55 bits per heavy atom. The van der Waals surface area contributed by atoms with Gasteiger partial charge in [0.25, 0.3) is 5.91 Å². The number of nitrogens with zero attached hydrogens (tertiary/aromatic N) is 1. The van der Waals surface area contributed by atoms with Gasteiger partial charge in [-0.2, -0.15) is 18.2 Å². The summed E-state index contributed by atoms with van der Waals surface area (Å²) in [5.74, 6) is -0.852. The van der Waals surface area contributed by atoms with Gasteiger partial charge in [0, 0.05) is 16.9 Å². The summed E-state index contributed by atoms with van der Waals surface area (Å²) in [4.78, 5) is 42.7. The van der Waals surface area contributed by atoms with Gasteiger partial charge >= 0.3 is 18.2 Å². The second-order valence-electron chi connectivity index (χ2n) is 9.34. The molecule has 1 aliphatic carbocycles. The van der Waals surface area contributed by atoms with Gasteiger partial charge in [-0.3, -0.25) is 4.79 Å². The number of hydrogen-bond donors (Lipinski definition) is 2. The molecule has 38 heavy (non-hydrogen) atoms. The highest BCUT2D eigenvalue weighted by Gasteiger charge is 2.34. The minimum Gasteiger partial charge on any atom is -0.337 e. The summed E-state index contributed by atoms with van der Waals surface area (Å²) in [6, 6.07) is 15.9. The van der Waals surface area contributed by atoms with Crippen molar-refractivity contribution in [2.24, 2.45) is 5.92 Å². The first-order valence-electron chi connectivity index (χ1n) is 12.2. The predicted molar refractivity (Wildman–Crippen MR) is 134 cm³/mol. The van der Waals surface area contributed by atoms with Crippen LogP contribution in [0.15, 0.2) is 66.7 Å². The van der Waals surface area contributed by atoms with Crippen LogP contribution in [0, 0.1) is 5.92 Å². The van der Waals surface area contributed by atoms with Crippen molar-refractivity contribution in [2.75, 3.05) is 10.6 Å². The van der Waals surface area contributed by atoms with Gasteiger partial charge in [-0.15, -0.1) is 0 Å². The molecule has 3 aromatic rings. The van der Waals surface area contributed by atoms with E-state index in [-0.39, 0.29) is 30.0 Å². The Morgan fingerprint density at radius 1 is 0.868 bits per heavy atom. The van der Waals surface area contributed by atoms with Crippen molar-refractivity contribution in [3.63, 3.8) is 0 Å². The maximum absolute atomic E-state index is 12.9. The highest BCUT2D eigenvalue weighted by molar-refractivity contribution is 6.00. The van der Waals surface area contributed by atoms with Crippen LogP contribution in [0.1, 0.15) is 47.2 Å². The lowest BCUT2D eigenvalue weighted by Gasteiger charge is -2.17. The predicted octanol–water partition coefficient (Wildman–Crippen LogP) is 6.62. The molecule has 0 spiro atoms. The van der Waals surface area contributed by atoms with E-state index in [2.05, 4.69) is 10.6 Å². The topological polar surface area (TPSA) is 87.7 Å². The summed E-state index contributed by atoms with van der Waals surface area (Å²) < 4.78 is 38.6.